The van der Waals surface area contributed by atoms with Crippen molar-refractivity contribution in [2.45, 2.75) is 12.6 Å². The van der Waals surface area contributed by atoms with E-state index < -0.39 is 17.9 Å². The summed E-state index contributed by atoms with van der Waals surface area (Å²) in [7, 11) is 4.54. The van der Waals surface area contributed by atoms with E-state index in [2.05, 4.69) is 10.6 Å². The molecule has 8 nitrogen and oxygen atoms in total. The summed E-state index contributed by atoms with van der Waals surface area (Å²) in [4.78, 5) is 24.6. The summed E-state index contributed by atoms with van der Waals surface area (Å²) in [6.45, 7) is 0.157. The van der Waals surface area contributed by atoms with E-state index in [-0.39, 0.29) is 6.54 Å². The molecule has 142 valence electrons. The van der Waals surface area contributed by atoms with E-state index in [1.807, 2.05) is 0 Å². The largest absolute Gasteiger partial charge is 0.493 e. The molecule has 0 aromatic heterocycles. The highest BCUT2D eigenvalue weighted by Gasteiger charge is 2.33. The van der Waals surface area contributed by atoms with Crippen molar-refractivity contribution in [2.24, 2.45) is 0 Å². The van der Waals surface area contributed by atoms with E-state index in [1.54, 1.807) is 36.4 Å². The maximum Gasteiger partial charge on any atom is 0.275 e. The van der Waals surface area contributed by atoms with Gasteiger partial charge in [-0.25, -0.2) is 0 Å². The van der Waals surface area contributed by atoms with Gasteiger partial charge in [-0.3, -0.25) is 9.59 Å². The number of hydrogen-bond donors (Lipinski definition) is 2. The molecule has 2 amide bonds. The van der Waals surface area contributed by atoms with Gasteiger partial charge in [0.05, 0.1) is 27.0 Å². The number of nitrogens with one attached hydrogen (secondary N) is 2. The van der Waals surface area contributed by atoms with Crippen molar-refractivity contribution in [1.82, 2.24) is 5.32 Å². The van der Waals surface area contributed by atoms with Crippen LogP contribution in [-0.2, 0) is 16.1 Å². The second-order valence-electron chi connectivity index (χ2n) is 5.73. The highest BCUT2D eigenvalue weighted by molar-refractivity contribution is 6.11. The number of carbonyl (C=O) groups excluding carboxylic acids is 2. The van der Waals surface area contributed by atoms with Crippen LogP contribution in [0.1, 0.15) is 5.56 Å². The predicted molar refractivity (Wildman–Crippen MR) is 97.4 cm³/mol. The van der Waals surface area contributed by atoms with Gasteiger partial charge in [0.25, 0.3) is 17.9 Å². The van der Waals surface area contributed by atoms with Crippen molar-refractivity contribution in [2.75, 3.05) is 26.6 Å². The molecule has 1 aliphatic rings. The van der Waals surface area contributed by atoms with Crippen molar-refractivity contribution < 1.29 is 28.5 Å². The lowest BCUT2D eigenvalue weighted by Crippen LogP contribution is -2.48. The number of para-hydroxylation sites is 2. The molecular weight excluding hydrogens is 352 g/mol. The topological polar surface area (TPSA) is 95.1 Å². The first kappa shape index (κ1) is 18.4. The van der Waals surface area contributed by atoms with Crippen LogP contribution in [0.5, 0.6) is 23.0 Å². The Bertz CT molecular complexity index is 842. The standard InChI is InChI=1S/C19H20N2O6/c1-24-14-8-11(9-15(25-2)16(14)26-3)10-20-18(22)17-19(23)21-12-6-4-5-7-13(12)27-17/h4-9,17H,10H2,1-3H3,(H,20,22)(H,21,23)/t17-/m1/s1. The third kappa shape index (κ3) is 3.74. The van der Waals surface area contributed by atoms with Crippen LogP contribution in [0.15, 0.2) is 36.4 Å². The number of fused-ring (bicyclic) bond motifs is 1. The fraction of sp³-hybridized carbons (Fsp3) is 0.263. The highest BCUT2D eigenvalue weighted by Crippen LogP contribution is 2.38. The molecule has 2 N–H and O–H groups in total. The molecular formula is C19H20N2O6. The van der Waals surface area contributed by atoms with Gasteiger partial charge < -0.3 is 29.6 Å². The Morgan fingerprint density at radius 2 is 1.78 bits per heavy atom. The molecule has 0 unspecified atom stereocenters. The Morgan fingerprint density at radius 1 is 1.11 bits per heavy atom. The Labute approximate surface area is 156 Å². The Morgan fingerprint density at radius 3 is 2.41 bits per heavy atom. The van der Waals surface area contributed by atoms with Crippen molar-refractivity contribution in [3.8, 4) is 23.0 Å². The first-order valence-corrected chi connectivity index (χ1v) is 8.20. The van der Waals surface area contributed by atoms with Crippen LogP contribution in [0.25, 0.3) is 0 Å². The van der Waals surface area contributed by atoms with E-state index in [9.17, 15) is 9.59 Å². The molecule has 2 aromatic rings. The fourth-order valence-corrected chi connectivity index (χ4v) is 2.74. The van der Waals surface area contributed by atoms with E-state index in [0.717, 1.165) is 5.56 Å². The average Bonchev–Trinajstić information content (AvgIpc) is 2.70. The second-order valence-corrected chi connectivity index (χ2v) is 5.73. The molecule has 3 rings (SSSR count). The molecule has 2 aromatic carbocycles. The van der Waals surface area contributed by atoms with Gasteiger partial charge in [-0.1, -0.05) is 12.1 Å². The predicted octanol–water partition coefficient (Wildman–Crippen LogP) is 1.73. The molecule has 8 heteroatoms. The monoisotopic (exact) mass is 372 g/mol. The minimum atomic E-state index is -1.26. The maximum absolute atomic E-state index is 12.4. The summed E-state index contributed by atoms with van der Waals surface area (Å²) in [5, 5.41) is 5.35. The minimum Gasteiger partial charge on any atom is -0.493 e. The molecule has 0 saturated carbocycles. The lowest BCUT2D eigenvalue weighted by molar-refractivity contribution is -0.137. The summed E-state index contributed by atoms with van der Waals surface area (Å²) >= 11 is 0. The van der Waals surface area contributed by atoms with Crippen LogP contribution in [0.4, 0.5) is 5.69 Å². The van der Waals surface area contributed by atoms with Gasteiger partial charge in [0.15, 0.2) is 11.5 Å². The van der Waals surface area contributed by atoms with E-state index in [4.69, 9.17) is 18.9 Å². The third-order valence-corrected chi connectivity index (χ3v) is 4.06. The SMILES string of the molecule is COc1cc(CNC(=O)[C@H]2Oc3ccccc3NC2=O)cc(OC)c1OC. The van der Waals surface area contributed by atoms with Gasteiger partial charge in [-0.2, -0.15) is 0 Å². The minimum absolute atomic E-state index is 0.157. The number of rotatable bonds is 6. The van der Waals surface area contributed by atoms with Crippen molar-refractivity contribution in [3.05, 3.63) is 42.0 Å². The smallest absolute Gasteiger partial charge is 0.275 e. The van der Waals surface area contributed by atoms with Gasteiger partial charge >= 0.3 is 0 Å². The molecule has 0 aliphatic carbocycles. The van der Waals surface area contributed by atoms with Crippen molar-refractivity contribution in [1.29, 1.82) is 0 Å². The van der Waals surface area contributed by atoms with E-state index >= 15 is 0 Å². The molecule has 0 saturated heterocycles. The van der Waals surface area contributed by atoms with Crippen LogP contribution < -0.4 is 29.6 Å². The number of amides is 2. The molecule has 0 radical (unpaired) electrons. The van der Waals surface area contributed by atoms with Gasteiger partial charge in [0.2, 0.25) is 5.75 Å². The first-order chi connectivity index (χ1) is 13.1. The summed E-state index contributed by atoms with van der Waals surface area (Å²) in [5.41, 5.74) is 1.26. The zero-order valence-corrected chi connectivity index (χ0v) is 15.2. The molecule has 1 aliphatic heterocycles. The van der Waals surface area contributed by atoms with Gasteiger partial charge in [-0.05, 0) is 29.8 Å². The first-order valence-electron chi connectivity index (χ1n) is 8.20. The zero-order chi connectivity index (χ0) is 19.4. The fourth-order valence-electron chi connectivity index (χ4n) is 2.74. The van der Waals surface area contributed by atoms with Crippen molar-refractivity contribution in [3.63, 3.8) is 0 Å². The number of hydrogen-bond acceptors (Lipinski definition) is 6. The lowest BCUT2D eigenvalue weighted by Gasteiger charge is -2.25. The zero-order valence-electron chi connectivity index (χ0n) is 15.2. The quantitative estimate of drug-likeness (QED) is 0.750. The maximum atomic E-state index is 12.4. The Hall–Kier alpha value is -3.42. The molecule has 1 atom stereocenters. The molecule has 1 heterocycles. The Kier molecular flexibility index (Phi) is 5.35. The van der Waals surface area contributed by atoms with Crippen LogP contribution in [0.2, 0.25) is 0 Å². The third-order valence-electron chi connectivity index (χ3n) is 4.06. The lowest BCUT2D eigenvalue weighted by atomic mass is 10.1. The number of benzene rings is 2. The van der Waals surface area contributed by atoms with Crippen LogP contribution in [0, 0.1) is 0 Å². The summed E-state index contributed by atoms with van der Waals surface area (Å²) in [6, 6.07) is 10.4. The molecule has 0 spiro atoms. The summed E-state index contributed by atoms with van der Waals surface area (Å²) < 4.78 is 21.4. The summed E-state index contributed by atoms with van der Waals surface area (Å²) in [5.74, 6) is 0.793. The normalized spacial score (nSPS) is 15.1. The Balaban J connectivity index is 1.72. The van der Waals surface area contributed by atoms with E-state index in [1.165, 1.54) is 21.3 Å². The number of methoxy groups -OCH3 is 3. The number of ether oxygens (including phenoxy) is 4. The average molecular weight is 372 g/mol. The van der Waals surface area contributed by atoms with E-state index in [0.29, 0.717) is 28.7 Å². The van der Waals surface area contributed by atoms with Gasteiger partial charge in [0, 0.05) is 6.54 Å². The highest BCUT2D eigenvalue weighted by atomic mass is 16.5. The molecule has 0 bridgehead atoms. The van der Waals surface area contributed by atoms with Crippen LogP contribution in [0.3, 0.4) is 0 Å². The number of anilines is 1. The molecule has 27 heavy (non-hydrogen) atoms. The second kappa shape index (κ2) is 7.86. The van der Waals surface area contributed by atoms with Crippen LogP contribution in [-0.4, -0.2) is 39.2 Å². The molecule has 0 fully saturated rings. The van der Waals surface area contributed by atoms with Crippen molar-refractivity contribution >= 4 is 17.5 Å². The number of carbonyl (C=O) groups is 2. The van der Waals surface area contributed by atoms with Gasteiger partial charge in [-0.15, -0.1) is 0 Å². The summed E-state index contributed by atoms with van der Waals surface area (Å²) in [6.07, 6.45) is -1.26. The van der Waals surface area contributed by atoms with Crippen LogP contribution >= 0.6 is 0 Å². The van der Waals surface area contributed by atoms with Gasteiger partial charge in [0.1, 0.15) is 5.75 Å².